The number of benzene rings is 1. The molecule has 10 heteroatoms. The molecule has 3 aromatic heterocycles. The second kappa shape index (κ2) is 9.71. The quantitative estimate of drug-likeness (QED) is 0.301. The third-order valence-electron chi connectivity index (χ3n) is 4.52. The monoisotopic (exact) mass is 477 g/mol. The SMILES string of the molecule is O=C(CSc1nc2ccsc2c(=O)n1CCc1cccs1)NCc1ccc(F)cc1F. The Bertz CT molecular complexity index is 1270. The molecule has 1 amide bonds. The van der Waals surface area contributed by atoms with Crippen molar-refractivity contribution in [1.82, 2.24) is 14.9 Å². The van der Waals surface area contributed by atoms with Crippen molar-refractivity contribution < 1.29 is 13.6 Å². The number of aryl methyl sites for hydroxylation is 1. The zero-order chi connectivity index (χ0) is 21.8. The molecule has 5 nitrogen and oxygen atoms in total. The van der Waals surface area contributed by atoms with Crippen LogP contribution in [-0.2, 0) is 24.3 Å². The van der Waals surface area contributed by atoms with Crippen molar-refractivity contribution in [2.24, 2.45) is 0 Å². The normalized spacial score (nSPS) is 11.2. The lowest BCUT2D eigenvalue weighted by Crippen LogP contribution is -2.27. The first kappa shape index (κ1) is 21.7. The number of nitrogens with one attached hydrogen (secondary N) is 1. The number of thiophene rings is 2. The molecule has 3 heterocycles. The molecular formula is C21H17F2N3O2S3. The van der Waals surface area contributed by atoms with Crippen LogP contribution in [0.5, 0.6) is 0 Å². The number of hydrogen-bond acceptors (Lipinski definition) is 6. The highest BCUT2D eigenvalue weighted by molar-refractivity contribution is 7.99. The summed E-state index contributed by atoms with van der Waals surface area (Å²) in [6.45, 7) is 0.415. The predicted octanol–water partition coefficient (Wildman–Crippen LogP) is 4.45. The second-order valence-electron chi connectivity index (χ2n) is 6.62. The number of hydrogen-bond donors (Lipinski definition) is 1. The van der Waals surface area contributed by atoms with Crippen LogP contribution < -0.4 is 10.9 Å². The Morgan fingerprint density at radius 3 is 2.81 bits per heavy atom. The zero-order valence-electron chi connectivity index (χ0n) is 16.1. The van der Waals surface area contributed by atoms with E-state index in [-0.39, 0.29) is 29.3 Å². The van der Waals surface area contributed by atoms with Crippen molar-refractivity contribution in [3.63, 3.8) is 0 Å². The van der Waals surface area contributed by atoms with Crippen LogP contribution in [0.1, 0.15) is 10.4 Å². The first-order valence-electron chi connectivity index (χ1n) is 9.35. The van der Waals surface area contributed by atoms with Crippen molar-refractivity contribution in [3.8, 4) is 0 Å². The Kier molecular flexibility index (Phi) is 6.79. The summed E-state index contributed by atoms with van der Waals surface area (Å²) in [5.74, 6) is -1.69. The molecule has 0 bridgehead atoms. The van der Waals surface area contributed by atoms with Gasteiger partial charge in [0.15, 0.2) is 5.16 Å². The minimum Gasteiger partial charge on any atom is -0.351 e. The van der Waals surface area contributed by atoms with Gasteiger partial charge in [-0.25, -0.2) is 13.8 Å². The van der Waals surface area contributed by atoms with Gasteiger partial charge in [0.2, 0.25) is 5.91 Å². The van der Waals surface area contributed by atoms with Gasteiger partial charge in [-0.2, -0.15) is 0 Å². The molecule has 0 saturated heterocycles. The van der Waals surface area contributed by atoms with Gasteiger partial charge < -0.3 is 5.32 Å². The van der Waals surface area contributed by atoms with Crippen LogP contribution in [0.15, 0.2) is 57.1 Å². The summed E-state index contributed by atoms with van der Waals surface area (Å²) in [6.07, 6.45) is 0.694. The summed E-state index contributed by atoms with van der Waals surface area (Å²) in [5.41, 5.74) is 0.692. The number of carbonyl (C=O) groups is 1. The van der Waals surface area contributed by atoms with E-state index in [2.05, 4.69) is 10.3 Å². The summed E-state index contributed by atoms with van der Waals surface area (Å²) < 4.78 is 28.9. The van der Waals surface area contributed by atoms with Gasteiger partial charge in [0.1, 0.15) is 16.3 Å². The highest BCUT2D eigenvalue weighted by atomic mass is 32.2. The molecule has 160 valence electrons. The maximum absolute atomic E-state index is 13.7. The van der Waals surface area contributed by atoms with E-state index in [1.165, 1.54) is 17.4 Å². The molecule has 0 saturated carbocycles. The van der Waals surface area contributed by atoms with E-state index in [4.69, 9.17) is 0 Å². The average molecular weight is 478 g/mol. The highest BCUT2D eigenvalue weighted by Crippen LogP contribution is 2.22. The first-order valence-corrected chi connectivity index (χ1v) is 12.1. The fourth-order valence-electron chi connectivity index (χ4n) is 2.95. The van der Waals surface area contributed by atoms with Crippen LogP contribution in [0.25, 0.3) is 10.2 Å². The van der Waals surface area contributed by atoms with Gasteiger partial charge in [0, 0.05) is 29.6 Å². The minimum absolute atomic E-state index is 0.0178. The van der Waals surface area contributed by atoms with E-state index in [1.54, 1.807) is 22.0 Å². The molecule has 4 rings (SSSR count). The summed E-state index contributed by atoms with van der Waals surface area (Å²) in [4.78, 5) is 31.0. The standard InChI is InChI=1S/C21H17F2N3O2S3/c22-14-4-3-13(16(23)10-14)11-24-18(27)12-31-21-25-17-6-9-30-19(17)20(28)26(21)7-5-15-2-1-8-29-15/h1-4,6,8-10H,5,7,11-12H2,(H,24,27). The van der Waals surface area contributed by atoms with Crippen LogP contribution >= 0.6 is 34.4 Å². The van der Waals surface area contributed by atoms with Crippen molar-refractivity contribution in [3.05, 3.63) is 79.6 Å². The van der Waals surface area contributed by atoms with E-state index in [0.29, 0.717) is 28.3 Å². The fourth-order valence-corrected chi connectivity index (χ4v) is 5.28. The minimum atomic E-state index is -0.708. The van der Waals surface area contributed by atoms with E-state index in [9.17, 15) is 18.4 Å². The number of halogens is 2. The highest BCUT2D eigenvalue weighted by Gasteiger charge is 2.15. The first-order chi connectivity index (χ1) is 15.0. The molecule has 0 aliphatic heterocycles. The third-order valence-corrected chi connectivity index (χ3v) is 7.32. The van der Waals surface area contributed by atoms with Gasteiger partial charge in [-0.3, -0.25) is 14.2 Å². The number of carbonyl (C=O) groups excluding carboxylic acids is 1. The zero-order valence-corrected chi connectivity index (χ0v) is 18.6. The van der Waals surface area contributed by atoms with Gasteiger partial charge in [-0.1, -0.05) is 23.9 Å². The molecule has 0 radical (unpaired) electrons. The van der Waals surface area contributed by atoms with Gasteiger partial charge in [-0.15, -0.1) is 22.7 Å². The summed E-state index contributed by atoms with van der Waals surface area (Å²) in [6, 6.07) is 8.99. The van der Waals surface area contributed by atoms with E-state index < -0.39 is 11.6 Å². The Labute approximate surface area is 188 Å². The van der Waals surface area contributed by atoms with Crippen LogP contribution in [0, 0.1) is 11.6 Å². The molecule has 31 heavy (non-hydrogen) atoms. The molecule has 0 unspecified atom stereocenters. The van der Waals surface area contributed by atoms with Gasteiger partial charge in [0.25, 0.3) is 5.56 Å². The molecule has 0 atom stereocenters. The number of thioether (sulfide) groups is 1. The lowest BCUT2D eigenvalue weighted by molar-refractivity contribution is -0.118. The maximum Gasteiger partial charge on any atom is 0.272 e. The fraction of sp³-hybridized carbons (Fsp3) is 0.190. The molecule has 0 aliphatic carbocycles. The Hall–Kier alpha value is -2.56. The van der Waals surface area contributed by atoms with Crippen molar-refractivity contribution in [2.75, 3.05) is 5.75 Å². The largest absolute Gasteiger partial charge is 0.351 e. The number of aromatic nitrogens is 2. The van der Waals surface area contributed by atoms with E-state index in [1.807, 2.05) is 22.9 Å². The van der Waals surface area contributed by atoms with E-state index in [0.717, 1.165) is 28.8 Å². The van der Waals surface area contributed by atoms with Crippen LogP contribution in [0.2, 0.25) is 0 Å². The van der Waals surface area contributed by atoms with Crippen LogP contribution in [-0.4, -0.2) is 21.2 Å². The van der Waals surface area contributed by atoms with Gasteiger partial charge in [0.05, 0.1) is 11.3 Å². The second-order valence-corrected chi connectivity index (χ2v) is 9.51. The topological polar surface area (TPSA) is 64.0 Å². The maximum atomic E-state index is 13.7. The van der Waals surface area contributed by atoms with Crippen LogP contribution in [0.3, 0.4) is 0 Å². The molecular weight excluding hydrogens is 460 g/mol. The summed E-state index contributed by atoms with van der Waals surface area (Å²) >= 11 is 4.13. The van der Waals surface area contributed by atoms with Gasteiger partial charge in [-0.05, 0) is 35.4 Å². The van der Waals surface area contributed by atoms with Gasteiger partial charge >= 0.3 is 0 Å². The number of nitrogens with zero attached hydrogens (tertiary/aromatic N) is 2. The number of fused-ring (bicyclic) bond motifs is 1. The molecule has 0 fully saturated rings. The van der Waals surface area contributed by atoms with Crippen molar-refractivity contribution >= 4 is 50.6 Å². The Morgan fingerprint density at radius 1 is 1.16 bits per heavy atom. The third kappa shape index (κ3) is 5.20. The summed E-state index contributed by atoms with van der Waals surface area (Å²) in [5, 5.41) is 6.89. The van der Waals surface area contributed by atoms with E-state index >= 15 is 0 Å². The van der Waals surface area contributed by atoms with Crippen molar-refractivity contribution in [1.29, 1.82) is 0 Å². The lowest BCUT2D eigenvalue weighted by Gasteiger charge is -2.12. The average Bonchev–Trinajstić information content (AvgIpc) is 3.43. The van der Waals surface area contributed by atoms with Crippen molar-refractivity contribution in [2.45, 2.75) is 24.7 Å². The number of amides is 1. The Balaban J connectivity index is 1.45. The summed E-state index contributed by atoms with van der Waals surface area (Å²) in [7, 11) is 0. The molecule has 0 aliphatic rings. The lowest BCUT2D eigenvalue weighted by atomic mass is 10.2. The Morgan fingerprint density at radius 2 is 2.03 bits per heavy atom. The predicted molar refractivity (Wildman–Crippen MR) is 121 cm³/mol. The molecule has 4 aromatic rings. The molecule has 1 aromatic carbocycles. The molecule has 1 N–H and O–H groups in total. The smallest absolute Gasteiger partial charge is 0.272 e. The molecule has 0 spiro atoms. The van der Waals surface area contributed by atoms with Crippen LogP contribution in [0.4, 0.5) is 8.78 Å². The number of rotatable bonds is 8.